The van der Waals surface area contributed by atoms with Crippen LogP contribution >= 0.6 is 0 Å². The Hall–Kier alpha value is -3.54. The molecule has 1 saturated heterocycles. The number of aromatic hydroxyl groups is 4. The Morgan fingerprint density at radius 3 is 2.19 bits per heavy atom. The van der Waals surface area contributed by atoms with Crippen molar-refractivity contribution in [3.63, 3.8) is 0 Å². The molecule has 32 heavy (non-hydrogen) atoms. The number of benzene rings is 2. The van der Waals surface area contributed by atoms with Crippen LogP contribution in [-0.4, -0.2) is 79.5 Å². The third-order valence-electron chi connectivity index (χ3n) is 5.36. The van der Waals surface area contributed by atoms with Crippen molar-refractivity contribution >= 4 is 11.8 Å². The number of nitrogens with one attached hydrogen (secondary N) is 1. The molecule has 11 heteroatoms. The molecule has 0 bridgehead atoms. The molecular weight excluding hydrogens is 424 g/mol. The number of rotatable bonds is 6. The highest BCUT2D eigenvalue weighted by Crippen LogP contribution is 2.34. The molecule has 1 aliphatic heterocycles. The van der Waals surface area contributed by atoms with Crippen molar-refractivity contribution in [3.8, 4) is 23.0 Å². The van der Waals surface area contributed by atoms with E-state index < -0.39 is 46.7 Å². The summed E-state index contributed by atoms with van der Waals surface area (Å²) in [5.41, 5.74) is -1.03. The Balaban J connectivity index is 1.59. The molecule has 7 N–H and O–H groups in total. The Labute approximate surface area is 182 Å². The zero-order valence-electron chi connectivity index (χ0n) is 17.1. The lowest BCUT2D eigenvalue weighted by atomic mass is 9.84. The van der Waals surface area contributed by atoms with E-state index in [1.54, 1.807) is 6.92 Å². The number of hydroxylamine groups is 2. The van der Waals surface area contributed by atoms with Gasteiger partial charge in [0.05, 0.1) is 19.3 Å². The maximum absolute atomic E-state index is 12.4. The fraction of sp³-hybridized carbons (Fsp3) is 0.333. The predicted octanol–water partition coefficient (Wildman–Crippen LogP) is 0.536. The van der Waals surface area contributed by atoms with Crippen molar-refractivity contribution < 1.29 is 45.1 Å². The molecule has 1 fully saturated rings. The molecule has 0 aliphatic carbocycles. The molecule has 3 atom stereocenters. The minimum atomic E-state index is -1.15. The Morgan fingerprint density at radius 1 is 1.03 bits per heavy atom. The van der Waals surface area contributed by atoms with Crippen LogP contribution in [0.1, 0.15) is 27.6 Å². The molecule has 2 aromatic rings. The zero-order chi connectivity index (χ0) is 23.6. The van der Waals surface area contributed by atoms with E-state index >= 15 is 0 Å². The van der Waals surface area contributed by atoms with E-state index in [4.69, 9.17) is 4.74 Å². The number of carbonyl (C=O) groups excluding carboxylic acids is 2. The van der Waals surface area contributed by atoms with Gasteiger partial charge in [-0.25, -0.2) is 5.06 Å². The van der Waals surface area contributed by atoms with Crippen LogP contribution in [0.4, 0.5) is 0 Å². The molecule has 2 aromatic carbocycles. The van der Waals surface area contributed by atoms with Crippen LogP contribution in [0.25, 0.3) is 0 Å². The summed E-state index contributed by atoms with van der Waals surface area (Å²) in [5.74, 6) is -3.15. The van der Waals surface area contributed by atoms with Crippen molar-refractivity contribution in [2.45, 2.75) is 19.1 Å². The molecule has 3 rings (SSSR count). The molecule has 1 heterocycles. The minimum Gasteiger partial charge on any atom is -0.504 e. The quantitative estimate of drug-likeness (QED) is 0.188. The van der Waals surface area contributed by atoms with Crippen LogP contribution in [0.3, 0.4) is 0 Å². The number of amides is 2. The first-order chi connectivity index (χ1) is 15.0. The molecule has 0 aromatic heterocycles. The summed E-state index contributed by atoms with van der Waals surface area (Å²) in [5, 5.41) is 61.6. The van der Waals surface area contributed by atoms with Gasteiger partial charge in [-0.3, -0.25) is 14.8 Å². The number of hydrogen-bond acceptors (Lipinski definition) is 9. The van der Waals surface area contributed by atoms with Gasteiger partial charge in [0.2, 0.25) is 0 Å². The van der Waals surface area contributed by atoms with E-state index in [0.717, 1.165) is 18.2 Å². The second-order valence-corrected chi connectivity index (χ2v) is 7.93. The van der Waals surface area contributed by atoms with Gasteiger partial charge in [-0.05, 0) is 36.4 Å². The fourth-order valence-electron chi connectivity index (χ4n) is 3.41. The molecule has 11 nitrogen and oxygen atoms in total. The first kappa shape index (κ1) is 23.1. The molecule has 1 aliphatic rings. The highest BCUT2D eigenvalue weighted by Gasteiger charge is 2.47. The van der Waals surface area contributed by atoms with Crippen molar-refractivity contribution in [1.29, 1.82) is 0 Å². The molecular formula is C21H24N2O9. The highest BCUT2D eigenvalue weighted by atomic mass is 16.5. The second-order valence-electron chi connectivity index (χ2n) is 7.93. The number of aliphatic hydroxyl groups is 1. The van der Waals surface area contributed by atoms with Crippen LogP contribution in [0, 0.1) is 5.41 Å². The van der Waals surface area contributed by atoms with Crippen molar-refractivity contribution in [2.24, 2.45) is 5.41 Å². The second kappa shape index (κ2) is 8.91. The van der Waals surface area contributed by atoms with Crippen LogP contribution in [0.2, 0.25) is 0 Å². The first-order valence-electron chi connectivity index (χ1n) is 9.64. The summed E-state index contributed by atoms with van der Waals surface area (Å²) in [7, 11) is 0. The molecule has 0 unspecified atom stereocenters. The molecule has 0 radical (unpaired) electrons. The van der Waals surface area contributed by atoms with Gasteiger partial charge in [-0.15, -0.1) is 0 Å². The molecule has 0 saturated carbocycles. The Bertz CT molecular complexity index is 1030. The van der Waals surface area contributed by atoms with Gasteiger partial charge < -0.3 is 35.6 Å². The van der Waals surface area contributed by atoms with Crippen LogP contribution in [0.15, 0.2) is 36.4 Å². The van der Waals surface area contributed by atoms with E-state index in [1.165, 1.54) is 18.2 Å². The summed E-state index contributed by atoms with van der Waals surface area (Å²) in [4.78, 5) is 24.7. The van der Waals surface area contributed by atoms with Crippen LogP contribution in [-0.2, 0) is 4.74 Å². The number of aliphatic hydroxyl groups excluding tert-OH is 1. The normalized spacial score (nSPS) is 22.5. The number of hydrogen-bond donors (Lipinski definition) is 7. The summed E-state index contributed by atoms with van der Waals surface area (Å²) < 4.78 is 5.55. The van der Waals surface area contributed by atoms with Crippen molar-refractivity contribution in [1.82, 2.24) is 10.4 Å². The van der Waals surface area contributed by atoms with Gasteiger partial charge in [-0.1, -0.05) is 6.92 Å². The number of carbonyl (C=O) groups is 2. The average molecular weight is 448 g/mol. The van der Waals surface area contributed by atoms with E-state index in [-0.39, 0.29) is 36.6 Å². The molecule has 2 amide bonds. The first-order valence-corrected chi connectivity index (χ1v) is 9.64. The summed E-state index contributed by atoms with van der Waals surface area (Å²) in [6.07, 6.45) is -1.97. The lowest BCUT2D eigenvalue weighted by Crippen LogP contribution is -2.47. The Morgan fingerprint density at radius 2 is 1.59 bits per heavy atom. The predicted molar refractivity (Wildman–Crippen MR) is 109 cm³/mol. The smallest absolute Gasteiger partial charge is 0.277 e. The Kier molecular flexibility index (Phi) is 6.44. The van der Waals surface area contributed by atoms with Gasteiger partial charge in [0.25, 0.3) is 11.8 Å². The maximum Gasteiger partial charge on any atom is 0.277 e. The fourth-order valence-corrected chi connectivity index (χ4v) is 3.41. The summed E-state index contributed by atoms with van der Waals surface area (Å²) in [6, 6.07) is 6.92. The van der Waals surface area contributed by atoms with E-state index in [9.17, 15) is 40.3 Å². The van der Waals surface area contributed by atoms with Gasteiger partial charge in [0.15, 0.2) is 23.0 Å². The standard InChI is InChI=1S/C21H24N2O9/c1-21(9-23(31)20(30)12-3-5-14(25)16(27)7-12)10-32-17(18(21)28)8-22-19(29)11-2-4-13(24)15(26)6-11/h2-7,17-18,24-28,31H,8-10H2,1H3,(H,22,29)/t17-,18-,21-/m1/s1. The number of phenols is 4. The monoisotopic (exact) mass is 448 g/mol. The molecule has 172 valence electrons. The topological polar surface area (TPSA) is 180 Å². The number of nitrogens with zero attached hydrogens (tertiary/aromatic N) is 1. The lowest BCUT2D eigenvalue weighted by Gasteiger charge is -2.31. The van der Waals surface area contributed by atoms with Gasteiger partial charge in [0.1, 0.15) is 6.10 Å². The average Bonchev–Trinajstić information content (AvgIpc) is 3.03. The van der Waals surface area contributed by atoms with Crippen molar-refractivity contribution in [2.75, 3.05) is 19.7 Å². The summed E-state index contributed by atoms with van der Waals surface area (Å²) >= 11 is 0. The van der Waals surface area contributed by atoms with Gasteiger partial charge in [-0.2, -0.15) is 0 Å². The van der Waals surface area contributed by atoms with E-state index in [1.807, 2.05) is 0 Å². The third kappa shape index (κ3) is 4.69. The van der Waals surface area contributed by atoms with E-state index in [0.29, 0.717) is 5.06 Å². The third-order valence-corrected chi connectivity index (χ3v) is 5.36. The number of phenolic OH excluding ortho intramolecular Hbond substituents is 4. The minimum absolute atomic E-state index is 0.0140. The van der Waals surface area contributed by atoms with Crippen LogP contribution < -0.4 is 5.32 Å². The SMILES string of the molecule is C[C@@]1(CN(O)C(=O)c2ccc(O)c(O)c2)CO[C@H](CNC(=O)c2ccc(O)c(O)c2)[C@H]1O. The van der Waals surface area contributed by atoms with Gasteiger partial charge >= 0.3 is 0 Å². The van der Waals surface area contributed by atoms with Crippen molar-refractivity contribution in [3.05, 3.63) is 47.5 Å². The van der Waals surface area contributed by atoms with Gasteiger partial charge in [0, 0.05) is 23.1 Å². The van der Waals surface area contributed by atoms with E-state index in [2.05, 4.69) is 5.32 Å². The lowest BCUT2D eigenvalue weighted by molar-refractivity contribution is -0.0940. The summed E-state index contributed by atoms with van der Waals surface area (Å²) in [6.45, 7) is 1.20. The number of ether oxygens (including phenoxy) is 1. The van der Waals surface area contributed by atoms with Crippen LogP contribution in [0.5, 0.6) is 23.0 Å². The molecule has 0 spiro atoms. The maximum atomic E-state index is 12.4. The zero-order valence-corrected chi connectivity index (χ0v) is 17.1. The largest absolute Gasteiger partial charge is 0.504 e. The highest BCUT2D eigenvalue weighted by molar-refractivity contribution is 5.95.